The maximum Gasteiger partial charge on any atom is 0.340 e. The van der Waals surface area contributed by atoms with Crippen LogP contribution in [-0.4, -0.2) is 33.1 Å². The van der Waals surface area contributed by atoms with Gasteiger partial charge in [-0.15, -0.1) is 6.58 Å². The summed E-state index contributed by atoms with van der Waals surface area (Å²) >= 11 is 0. The molecule has 120 valence electrons. The van der Waals surface area contributed by atoms with Crippen LogP contribution in [0.4, 0.5) is 0 Å². The second-order valence-electron chi connectivity index (χ2n) is 4.52. The summed E-state index contributed by atoms with van der Waals surface area (Å²) in [6, 6.07) is 8.22. The molecule has 3 atom stereocenters. The van der Waals surface area contributed by atoms with Gasteiger partial charge in [-0.1, -0.05) is 36.4 Å². The van der Waals surface area contributed by atoms with Crippen molar-refractivity contribution in [1.29, 1.82) is 0 Å². The molecule has 0 aliphatic rings. The summed E-state index contributed by atoms with van der Waals surface area (Å²) in [5, 5.41) is 17.6. The highest BCUT2D eigenvalue weighted by Gasteiger charge is 2.36. The topological polar surface area (TPSA) is 121 Å². The van der Waals surface area contributed by atoms with E-state index >= 15 is 0 Å². The lowest BCUT2D eigenvalue weighted by atomic mass is 10.1. The molecule has 0 spiro atoms. The van der Waals surface area contributed by atoms with Gasteiger partial charge in [-0.2, -0.15) is 0 Å². The quantitative estimate of drug-likeness (QED) is 0.470. The maximum atomic E-state index is 12.4. The molecule has 0 aliphatic carbocycles. The fraction of sp³-hybridized carbons (Fsp3) is 0.286. The van der Waals surface area contributed by atoms with E-state index in [0.717, 1.165) is 0 Å². The number of aliphatic carboxylic acids is 2. The van der Waals surface area contributed by atoms with Crippen LogP contribution >= 0.6 is 7.60 Å². The minimum absolute atomic E-state index is 0.409. The fourth-order valence-corrected chi connectivity index (χ4v) is 3.34. The van der Waals surface area contributed by atoms with Gasteiger partial charge in [-0.25, -0.2) is 4.79 Å². The van der Waals surface area contributed by atoms with Crippen molar-refractivity contribution in [1.82, 2.24) is 0 Å². The molecule has 0 aromatic heterocycles. The molecule has 0 radical (unpaired) electrons. The van der Waals surface area contributed by atoms with E-state index in [1.807, 2.05) is 0 Å². The Morgan fingerprint density at radius 2 is 1.86 bits per heavy atom. The van der Waals surface area contributed by atoms with Gasteiger partial charge >= 0.3 is 19.5 Å². The number of rotatable bonds is 9. The molecule has 3 unspecified atom stereocenters. The molecular formula is C14H17O7P. The van der Waals surface area contributed by atoms with Crippen LogP contribution in [0, 0.1) is 0 Å². The van der Waals surface area contributed by atoms with Crippen LogP contribution in [0.3, 0.4) is 0 Å². The van der Waals surface area contributed by atoms with Gasteiger partial charge in [-0.05, 0) is 12.0 Å². The number of benzene rings is 1. The highest BCUT2D eigenvalue weighted by atomic mass is 31.2. The van der Waals surface area contributed by atoms with Crippen LogP contribution in [0.25, 0.3) is 0 Å². The summed E-state index contributed by atoms with van der Waals surface area (Å²) in [4.78, 5) is 31.6. The van der Waals surface area contributed by atoms with Crippen molar-refractivity contribution >= 4 is 19.5 Å². The van der Waals surface area contributed by atoms with E-state index in [2.05, 4.69) is 6.58 Å². The molecule has 8 heteroatoms. The van der Waals surface area contributed by atoms with E-state index in [1.165, 1.54) is 6.08 Å². The molecule has 0 heterocycles. The summed E-state index contributed by atoms with van der Waals surface area (Å²) in [6.07, 6.45) is -1.38. The number of carboxylic acids is 2. The molecular weight excluding hydrogens is 311 g/mol. The summed E-state index contributed by atoms with van der Waals surface area (Å²) in [6.45, 7) is 3.48. The minimum Gasteiger partial charge on any atom is -0.481 e. The van der Waals surface area contributed by atoms with E-state index in [1.54, 1.807) is 30.3 Å². The molecule has 0 fully saturated rings. The first kappa shape index (κ1) is 18.1. The van der Waals surface area contributed by atoms with E-state index in [0.29, 0.717) is 5.56 Å². The molecule has 1 aromatic rings. The van der Waals surface area contributed by atoms with E-state index in [-0.39, 0.29) is 0 Å². The summed E-state index contributed by atoms with van der Waals surface area (Å²) in [5.41, 5.74) is -0.647. The number of carbonyl (C=O) groups is 2. The Morgan fingerprint density at radius 3 is 2.32 bits per heavy atom. The Hall–Kier alpha value is -1.95. The first-order valence-corrected chi connectivity index (χ1v) is 8.05. The monoisotopic (exact) mass is 328 g/mol. The summed E-state index contributed by atoms with van der Waals surface area (Å²) in [7, 11) is -4.39. The van der Waals surface area contributed by atoms with E-state index in [9.17, 15) is 19.0 Å². The largest absolute Gasteiger partial charge is 0.481 e. The lowest BCUT2D eigenvalue weighted by Gasteiger charge is -2.23. The third-order valence-corrected chi connectivity index (χ3v) is 4.66. The highest BCUT2D eigenvalue weighted by molar-refractivity contribution is 7.53. The van der Waals surface area contributed by atoms with E-state index < -0.39 is 44.1 Å². The van der Waals surface area contributed by atoms with Crippen molar-refractivity contribution in [3.63, 3.8) is 0 Å². The van der Waals surface area contributed by atoms with Crippen LogP contribution in [-0.2, 0) is 18.7 Å². The zero-order valence-electron chi connectivity index (χ0n) is 11.7. The van der Waals surface area contributed by atoms with Gasteiger partial charge in [0.25, 0.3) is 0 Å². The van der Waals surface area contributed by atoms with Crippen molar-refractivity contribution in [3.05, 3.63) is 48.6 Å². The highest BCUT2D eigenvalue weighted by Crippen LogP contribution is 2.58. The third-order valence-electron chi connectivity index (χ3n) is 2.89. The predicted molar refractivity (Wildman–Crippen MR) is 78.6 cm³/mol. The average Bonchev–Trinajstić information content (AvgIpc) is 2.44. The van der Waals surface area contributed by atoms with Crippen LogP contribution in [0.1, 0.15) is 24.1 Å². The van der Waals surface area contributed by atoms with Crippen LogP contribution in [0.5, 0.6) is 0 Å². The Bertz CT molecular complexity index is 584. The fourth-order valence-electron chi connectivity index (χ4n) is 1.83. The lowest BCUT2D eigenvalue weighted by Crippen LogP contribution is -2.24. The molecule has 1 aromatic carbocycles. The molecule has 3 N–H and O–H groups in total. The van der Waals surface area contributed by atoms with Crippen molar-refractivity contribution in [3.8, 4) is 0 Å². The van der Waals surface area contributed by atoms with Crippen molar-refractivity contribution < 1.29 is 33.8 Å². The van der Waals surface area contributed by atoms with Gasteiger partial charge in [0.2, 0.25) is 0 Å². The lowest BCUT2D eigenvalue weighted by molar-refractivity contribution is -0.146. The third kappa shape index (κ3) is 5.11. The first-order chi connectivity index (χ1) is 10.3. The molecule has 0 bridgehead atoms. The maximum absolute atomic E-state index is 12.4. The molecule has 22 heavy (non-hydrogen) atoms. The van der Waals surface area contributed by atoms with Gasteiger partial charge in [0.05, 0.1) is 0 Å². The van der Waals surface area contributed by atoms with Crippen LogP contribution in [0.15, 0.2) is 43.0 Å². The number of hydrogen-bond donors (Lipinski definition) is 3. The zero-order valence-corrected chi connectivity index (χ0v) is 12.6. The smallest absolute Gasteiger partial charge is 0.340 e. The minimum atomic E-state index is -4.39. The SMILES string of the molecule is C=CC(c1ccccc1)P(=O)(O)OC(CCC(=O)O)C(=O)O. The Morgan fingerprint density at radius 1 is 1.27 bits per heavy atom. The van der Waals surface area contributed by atoms with Gasteiger partial charge in [0, 0.05) is 6.42 Å². The molecule has 0 amide bonds. The molecule has 0 saturated carbocycles. The van der Waals surface area contributed by atoms with Gasteiger partial charge in [-0.3, -0.25) is 13.9 Å². The second kappa shape index (κ2) is 7.89. The van der Waals surface area contributed by atoms with Crippen LogP contribution in [0.2, 0.25) is 0 Å². The van der Waals surface area contributed by atoms with E-state index in [4.69, 9.17) is 14.7 Å². The Balaban J connectivity index is 2.94. The molecule has 0 saturated heterocycles. The predicted octanol–water partition coefficient (Wildman–Crippen LogP) is 2.43. The van der Waals surface area contributed by atoms with Crippen molar-refractivity contribution in [2.45, 2.75) is 24.6 Å². The van der Waals surface area contributed by atoms with Crippen molar-refractivity contribution in [2.24, 2.45) is 0 Å². The Kier molecular flexibility index (Phi) is 6.49. The normalized spacial score (nSPS) is 16.2. The summed E-state index contributed by atoms with van der Waals surface area (Å²) < 4.78 is 17.2. The average molecular weight is 328 g/mol. The van der Waals surface area contributed by atoms with Gasteiger partial charge < -0.3 is 15.1 Å². The summed E-state index contributed by atoms with van der Waals surface area (Å²) in [5.74, 6) is -2.71. The first-order valence-electron chi connectivity index (χ1n) is 6.41. The van der Waals surface area contributed by atoms with Crippen LogP contribution < -0.4 is 0 Å². The van der Waals surface area contributed by atoms with Gasteiger partial charge in [0.1, 0.15) is 5.66 Å². The number of hydrogen-bond acceptors (Lipinski definition) is 4. The zero-order chi connectivity index (χ0) is 16.8. The molecule has 0 aliphatic heterocycles. The second-order valence-corrected chi connectivity index (χ2v) is 6.42. The van der Waals surface area contributed by atoms with Gasteiger partial charge in [0.15, 0.2) is 6.10 Å². The number of allylic oxidation sites excluding steroid dienone is 1. The van der Waals surface area contributed by atoms with Crippen molar-refractivity contribution in [2.75, 3.05) is 0 Å². The Labute approximate surface area is 127 Å². The number of carboxylic acid groups (broad SMARTS) is 2. The molecule has 7 nitrogen and oxygen atoms in total. The molecule has 1 rings (SSSR count). The standard InChI is InChI=1S/C14H17O7P/c1-2-12(10-6-4-3-5-7-10)22(19,20)21-11(14(17)18)8-9-13(15)16/h2-7,11-12H,1,8-9H2,(H,15,16)(H,17,18)(H,19,20).